The molecule has 1 atom stereocenters. The molecular weight excluding hydrogens is 346 g/mol. The Balaban J connectivity index is 1.41. The number of carbonyl (C=O) groups excluding carboxylic acids is 2. The molecule has 8 heteroatoms. The summed E-state index contributed by atoms with van der Waals surface area (Å²) in [5.41, 5.74) is 2.24. The molecule has 2 aromatic heterocycles. The molecule has 2 aliphatic heterocycles. The van der Waals surface area contributed by atoms with Gasteiger partial charge in [0.2, 0.25) is 11.8 Å². The number of nitrogens with one attached hydrogen (secondary N) is 1. The summed E-state index contributed by atoms with van der Waals surface area (Å²) in [6.45, 7) is 1.90. The van der Waals surface area contributed by atoms with E-state index < -0.39 is 0 Å². The molecule has 0 aliphatic carbocycles. The van der Waals surface area contributed by atoms with Crippen LogP contribution in [0.15, 0.2) is 35.6 Å². The molecule has 0 spiro atoms. The van der Waals surface area contributed by atoms with Gasteiger partial charge >= 0.3 is 0 Å². The SMILES string of the molecule is O=C1C[C@H](C(=O)N2CCc3nc[nH]c(=O)c3CC2)CN1Cc1cccnc1. The maximum absolute atomic E-state index is 13.0. The summed E-state index contributed by atoms with van der Waals surface area (Å²) >= 11 is 0. The summed E-state index contributed by atoms with van der Waals surface area (Å²) in [5.74, 6) is -0.351. The molecule has 1 fully saturated rings. The zero-order valence-corrected chi connectivity index (χ0v) is 14.9. The lowest BCUT2D eigenvalue weighted by Crippen LogP contribution is -2.39. The average molecular weight is 367 g/mol. The lowest BCUT2D eigenvalue weighted by Gasteiger charge is -2.23. The molecule has 1 N–H and O–H groups in total. The molecule has 2 aliphatic rings. The van der Waals surface area contributed by atoms with Crippen molar-refractivity contribution in [3.8, 4) is 0 Å². The number of nitrogens with zero attached hydrogens (tertiary/aromatic N) is 4. The largest absolute Gasteiger partial charge is 0.342 e. The van der Waals surface area contributed by atoms with Crippen molar-refractivity contribution in [1.29, 1.82) is 0 Å². The number of hydrogen-bond acceptors (Lipinski definition) is 5. The van der Waals surface area contributed by atoms with Crippen LogP contribution in [-0.4, -0.2) is 56.2 Å². The van der Waals surface area contributed by atoms with Gasteiger partial charge in [0.15, 0.2) is 0 Å². The van der Waals surface area contributed by atoms with Crippen LogP contribution in [-0.2, 0) is 29.0 Å². The molecule has 0 unspecified atom stereocenters. The van der Waals surface area contributed by atoms with Crippen molar-refractivity contribution in [1.82, 2.24) is 24.8 Å². The standard InChI is InChI=1S/C19H21N5O3/c25-17-8-14(11-24(17)10-13-2-1-5-20-9-13)19(27)23-6-3-15-16(4-7-23)21-12-22-18(15)26/h1-2,5,9,12,14H,3-4,6-8,10-11H2,(H,21,22,26)/t14-/m0/s1. The summed E-state index contributed by atoms with van der Waals surface area (Å²) < 4.78 is 0. The van der Waals surface area contributed by atoms with E-state index in [-0.39, 0.29) is 29.7 Å². The Morgan fingerprint density at radius 1 is 1.26 bits per heavy atom. The first kappa shape index (κ1) is 17.4. The maximum atomic E-state index is 13.0. The van der Waals surface area contributed by atoms with Gasteiger partial charge in [-0.1, -0.05) is 6.07 Å². The Morgan fingerprint density at radius 2 is 2.11 bits per heavy atom. The number of hydrogen-bond donors (Lipinski definition) is 1. The van der Waals surface area contributed by atoms with Gasteiger partial charge in [-0.25, -0.2) is 4.98 Å². The van der Waals surface area contributed by atoms with Crippen molar-refractivity contribution in [2.24, 2.45) is 5.92 Å². The van der Waals surface area contributed by atoms with Crippen LogP contribution in [0, 0.1) is 5.92 Å². The fraction of sp³-hybridized carbons (Fsp3) is 0.421. The summed E-state index contributed by atoms with van der Waals surface area (Å²) in [6, 6.07) is 3.76. The quantitative estimate of drug-likeness (QED) is 0.832. The Hall–Kier alpha value is -3.03. The van der Waals surface area contributed by atoms with Gasteiger partial charge < -0.3 is 14.8 Å². The number of amides is 2. The molecule has 1 saturated heterocycles. The number of aromatic amines is 1. The Labute approximate surface area is 156 Å². The van der Waals surface area contributed by atoms with Gasteiger partial charge in [-0.3, -0.25) is 19.4 Å². The third-order valence-corrected chi connectivity index (χ3v) is 5.26. The minimum absolute atomic E-state index is 0.00609. The smallest absolute Gasteiger partial charge is 0.254 e. The zero-order valence-electron chi connectivity index (χ0n) is 14.9. The van der Waals surface area contributed by atoms with Gasteiger partial charge in [-0.05, 0) is 18.1 Å². The van der Waals surface area contributed by atoms with Gasteiger partial charge in [-0.15, -0.1) is 0 Å². The number of aromatic nitrogens is 3. The summed E-state index contributed by atoms with van der Waals surface area (Å²) in [6.07, 6.45) is 6.12. The number of likely N-dealkylation sites (tertiary alicyclic amines) is 1. The Bertz CT molecular complexity index is 911. The molecule has 2 amide bonds. The van der Waals surface area contributed by atoms with Crippen molar-refractivity contribution in [2.45, 2.75) is 25.8 Å². The van der Waals surface area contributed by atoms with Gasteiger partial charge in [-0.2, -0.15) is 0 Å². The van der Waals surface area contributed by atoms with E-state index in [4.69, 9.17) is 0 Å². The van der Waals surface area contributed by atoms with Gasteiger partial charge in [0, 0.05) is 57.0 Å². The van der Waals surface area contributed by atoms with E-state index in [1.165, 1.54) is 6.33 Å². The first-order valence-electron chi connectivity index (χ1n) is 9.12. The van der Waals surface area contributed by atoms with E-state index in [0.717, 1.165) is 11.3 Å². The normalized spacial score (nSPS) is 19.7. The average Bonchev–Trinajstić information content (AvgIpc) is 2.90. The minimum Gasteiger partial charge on any atom is -0.342 e. The molecule has 2 aromatic rings. The third-order valence-electron chi connectivity index (χ3n) is 5.26. The predicted octanol–water partition coefficient (Wildman–Crippen LogP) is 0.141. The van der Waals surface area contributed by atoms with Crippen molar-refractivity contribution < 1.29 is 9.59 Å². The van der Waals surface area contributed by atoms with E-state index in [1.54, 1.807) is 22.2 Å². The molecule has 0 aromatic carbocycles. The molecule has 0 bridgehead atoms. The highest BCUT2D eigenvalue weighted by Gasteiger charge is 2.37. The van der Waals surface area contributed by atoms with Gasteiger partial charge in [0.05, 0.1) is 17.9 Å². The number of pyridine rings is 1. The first-order valence-corrected chi connectivity index (χ1v) is 9.12. The summed E-state index contributed by atoms with van der Waals surface area (Å²) in [5, 5.41) is 0. The van der Waals surface area contributed by atoms with Crippen LogP contribution >= 0.6 is 0 Å². The highest BCUT2D eigenvalue weighted by molar-refractivity contribution is 5.89. The monoisotopic (exact) mass is 367 g/mol. The highest BCUT2D eigenvalue weighted by atomic mass is 16.2. The molecule has 27 heavy (non-hydrogen) atoms. The zero-order chi connectivity index (χ0) is 18.8. The Kier molecular flexibility index (Phi) is 4.70. The van der Waals surface area contributed by atoms with Gasteiger partial charge in [0.25, 0.3) is 5.56 Å². The first-order chi connectivity index (χ1) is 13.1. The summed E-state index contributed by atoms with van der Waals surface area (Å²) in [7, 11) is 0. The van der Waals surface area contributed by atoms with Crippen LogP contribution in [0.4, 0.5) is 0 Å². The Morgan fingerprint density at radius 3 is 2.93 bits per heavy atom. The molecule has 4 heterocycles. The van der Waals surface area contributed by atoms with E-state index in [2.05, 4.69) is 15.0 Å². The van der Waals surface area contributed by atoms with Crippen molar-refractivity contribution >= 4 is 11.8 Å². The lowest BCUT2D eigenvalue weighted by molar-refractivity contribution is -0.135. The second-order valence-electron chi connectivity index (χ2n) is 7.02. The van der Waals surface area contributed by atoms with Crippen LogP contribution in [0.3, 0.4) is 0 Å². The topological polar surface area (TPSA) is 99.3 Å². The van der Waals surface area contributed by atoms with Crippen molar-refractivity contribution in [3.63, 3.8) is 0 Å². The van der Waals surface area contributed by atoms with E-state index in [0.29, 0.717) is 44.6 Å². The highest BCUT2D eigenvalue weighted by Crippen LogP contribution is 2.23. The number of H-pyrrole nitrogens is 1. The second kappa shape index (κ2) is 7.30. The molecule has 8 nitrogen and oxygen atoms in total. The van der Waals surface area contributed by atoms with E-state index in [9.17, 15) is 14.4 Å². The third kappa shape index (κ3) is 3.60. The predicted molar refractivity (Wildman–Crippen MR) is 96.6 cm³/mol. The van der Waals surface area contributed by atoms with E-state index in [1.807, 2.05) is 12.1 Å². The van der Waals surface area contributed by atoms with Crippen LogP contribution in [0.2, 0.25) is 0 Å². The molecular formula is C19H21N5O3. The molecule has 0 radical (unpaired) electrons. The van der Waals surface area contributed by atoms with Gasteiger partial charge in [0.1, 0.15) is 0 Å². The van der Waals surface area contributed by atoms with Crippen LogP contribution in [0.5, 0.6) is 0 Å². The summed E-state index contributed by atoms with van der Waals surface area (Å²) in [4.78, 5) is 51.7. The van der Waals surface area contributed by atoms with E-state index >= 15 is 0 Å². The molecule has 140 valence electrons. The molecule has 4 rings (SSSR count). The number of fused-ring (bicyclic) bond motifs is 1. The lowest BCUT2D eigenvalue weighted by atomic mass is 10.1. The maximum Gasteiger partial charge on any atom is 0.254 e. The fourth-order valence-corrected chi connectivity index (χ4v) is 3.82. The number of carbonyl (C=O) groups is 2. The minimum atomic E-state index is -0.332. The number of rotatable bonds is 3. The molecule has 0 saturated carbocycles. The van der Waals surface area contributed by atoms with Crippen LogP contribution < -0.4 is 5.56 Å². The van der Waals surface area contributed by atoms with Crippen molar-refractivity contribution in [2.75, 3.05) is 19.6 Å². The second-order valence-corrected chi connectivity index (χ2v) is 7.02. The van der Waals surface area contributed by atoms with Crippen molar-refractivity contribution in [3.05, 3.63) is 58.0 Å². The van der Waals surface area contributed by atoms with Crippen LogP contribution in [0.1, 0.15) is 23.2 Å². The van der Waals surface area contributed by atoms with Crippen LogP contribution in [0.25, 0.3) is 0 Å². The fourth-order valence-electron chi connectivity index (χ4n) is 3.82.